The summed E-state index contributed by atoms with van der Waals surface area (Å²) in [7, 11) is 0. The van der Waals surface area contributed by atoms with Crippen LogP contribution in [0.5, 0.6) is 5.75 Å². The van der Waals surface area contributed by atoms with Crippen LogP contribution in [0.3, 0.4) is 0 Å². The molecule has 24 heavy (non-hydrogen) atoms. The quantitative estimate of drug-likeness (QED) is 0.938. The average Bonchev–Trinajstić information content (AvgIpc) is 3.06. The van der Waals surface area contributed by atoms with Crippen LogP contribution in [0.4, 0.5) is 11.4 Å². The molecule has 1 aliphatic rings. The van der Waals surface area contributed by atoms with E-state index in [1.807, 2.05) is 20.8 Å². The number of nitrogens with one attached hydrogen (secondary N) is 1. The van der Waals surface area contributed by atoms with Crippen molar-refractivity contribution in [3.8, 4) is 5.75 Å². The first-order valence-corrected chi connectivity index (χ1v) is 7.86. The Morgan fingerprint density at radius 1 is 1.33 bits per heavy atom. The lowest BCUT2D eigenvalue weighted by Crippen LogP contribution is -2.42. The molecule has 0 saturated heterocycles. The Hall–Kier alpha value is -2.76. The van der Waals surface area contributed by atoms with Gasteiger partial charge < -0.3 is 19.4 Å². The molecule has 126 valence electrons. The van der Waals surface area contributed by atoms with E-state index in [1.54, 1.807) is 35.2 Å². The molecule has 2 heterocycles. The van der Waals surface area contributed by atoms with Crippen LogP contribution in [0, 0.1) is 5.41 Å². The van der Waals surface area contributed by atoms with Crippen LogP contribution in [0.25, 0.3) is 0 Å². The highest BCUT2D eigenvalue weighted by molar-refractivity contribution is 6.03. The predicted molar refractivity (Wildman–Crippen MR) is 90.4 cm³/mol. The van der Waals surface area contributed by atoms with Gasteiger partial charge in [-0.05, 0) is 45.0 Å². The second kappa shape index (κ2) is 6.03. The Balaban J connectivity index is 1.90. The maximum Gasteiger partial charge on any atom is 0.291 e. The van der Waals surface area contributed by atoms with Crippen molar-refractivity contribution in [3.63, 3.8) is 0 Å². The van der Waals surface area contributed by atoms with Crippen molar-refractivity contribution >= 4 is 23.2 Å². The smallest absolute Gasteiger partial charge is 0.291 e. The van der Waals surface area contributed by atoms with Gasteiger partial charge in [-0.15, -0.1) is 0 Å². The van der Waals surface area contributed by atoms with Gasteiger partial charge in [0.1, 0.15) is 12.4 Å². The number of hydrogen-bond acceptors (Lipinski definition) is 4. The van der Waals surface area contributed by atoms with E-state index in [2.05, 4.69) is 5.32 Å². The number of fused-ring (bicyclic) bond motifs is 1. The third-order valence-corrected chi connectivity index (χ3v) is 3.98. The Bertz CT molecular complexity index is 765. The number of hydrogen-bond donors (Lipinski definition) is 1. The van der Waals surface area contributed by atoms with E-state index in [9.17, 15) is 9.59 Å². The van der Waals surface area contributed by atoms with E-state index in [0.29, 0.717) is 23.7 Å². The lowest BCUT2D eigenvalue weighted by molar-refractivity contribution is -0.127. The third-order valence-electron chi connectivity index (χ3n) is 3.98. The lowest BCUT2D eigenvalue weighted by Gasteiger charge is -2.26. The standard InChI is InChI=1S/C18H20N2O4/c1-4-20-13-8-7-12(19-16(21)14-6-5-9-23-14)10-15(13)24-11-18(2,3)17(20)22/h5-10H,4,11H2,1-3H3,(H,19,21). The van der Waals surface area contributed by atoms with Gasteiger partial charge in [0, 0.05) is 18.3 Å². The molecular weight excluding hydrogens is 308 g/mol. The molecule has 2 amide bonds. The summed E-state index contributed by atoms with van der Waals surface area (Å²) in [4.78, 5) is 26.4. The fraction of sp³-hybridized carbons (Fsp3) is 0.333. The number of nitrogens with zero attached hydrogens (tertiary/aromatic N) is 1. The molecule has 1 aromatic carbocycles. The van der Waals surface area contributed by atoms with Crippen LogP contribution in [0.2, 0.25) is 0 Å². The van der Waals surface area contributed by atoms with E-state index in [1.165, 1.54) is 6.26 Å². The number of carbonyl (C=O) groups is 2. The fourth-order valence-corrected chi connectivity index (χ4v) is 2.64. The van der Waals surface area contributed by atoms with Crippen molar-refractivity contribution in [1.29, 1.82) is 0 Å². The molecule has 0 radical (unpaired) electrons. The fourth-order valence-electron chi connectivity index (χ4n) is 2.64. The number of carbonyl (C=O) groups excluding carboxylic acids is 2. The number of rotatable bonds is 3. The second-order valence-corrected chi connectivity index (χ2v) is 6.34. The minimum atomic E-state index is -0.605. The molecule has 1 N–H and O–H groups in total. The zero-order valence-corrected chi connectivity index (χ0v) is 14.0. The summed E-state index contributed by atoms with van der Waals surface area (Å²) in [5, 5.41) is 2.76. The molecule has 6 nitrogen and oxygen atoms in total. The van der Waals surface area contributed by atoms with Gasteiger partial charge in [0.15, 0.2) is 5.76 Å². The van der Waals surface area contributed by atoms with Crippen molar-refractivity contribution in [1.82, 2.24) is 0 Å². The molecule has 0 aliphatic carbocycles. The summed E-state index contributed by atoms with van der Waals surface area (Å²) in [6, 6.07) is 8.51. The first-order valence-electron chi connectivity index (χ1n) is 7.86. The normalized spacial score (nSPS) is 16.1. The monoisotopic (exact) mass is 328 g/mol. The average molecular weight is 328 g/mol. The molecule has 1 aliphatic heterocycles. The van der Waals surface area contributed by atoms with E-state index in [0.717, 1.165) is 0 Å². The molecule has 3 rings (SSSR count). The van der Waals surface area contributed by atoms with Gasteiger partial charge in [0.25, 0.3) is 5.91 Å². The highest BCUT2D eigenvalue weighted by Gasteiger charge is 2.37. The van der Waals surface area contributed by atoms with Gasteiger partial charge in [0.2, 0.25) is 5.91 Å². The topological polar surface area (TPSA) is 71.8 Å². The van der Waals surface area contributed by atoms with E-state index < -0.39 is 5.41 Å². The lowest BCUT2D eigenvalue weighted by atomic mass is 9.93. The second-order valence-electron chi connectivity index (χ2n) is 6.34. The molecule has 0 bridgehead atoms. The summed E-state index contributed by atoms with van der Waals surface area (Å²) in [6.45, 7) is 6.49. The van der Waals surface area contributed by atoms with Crippen molar-refractivity contribution in [2.45, 2.75) is 20.8 Å². The number of furan rings is 1. The summed E-state index contributed by atoms with van der Waals surface area (Å²) in [5.74, 6) is 0.499. The molecule has 0 spiro atoms. The predicted octanol–water partition coefficient (Wildman–Crippen LogP) is 3.30. The number of anilines is 2. The van der Waals surface area contributed by atoms with Gasteiger partial charge in [0.05, 0.1) is 17.4 Å². The van der Waals surface area contributed by atoms with Gasteiger partial charge in [-0.25, -0.2) is 0 Å². The Kier molecular flexibility index (Phi) is 4.05. The van der Waals surface area contributed by atoms with E-state index in [-0.39, 0.29) is 24.2 Å². The Labute approximate surface area is 140 Å². The third kappa shape index (κ3) is 2.87. The van der Waals surface area contributed by atoms with Crippen LogP contribution in [0.1, 0.15) is 31.3 Å². The SMILES string of the molecule is CCN1C(=O)C(C)(C)COc2cc(NC(=O)c3ccco3)ccc21. The van der Waals surface area contributed by atoms with E-state index in [4.69, 9.17) is 9.15 Å². The molecular formula is C18H20N2O4. The molecule has 0 atom stereocenters. The van der Waals surface area contributed by atoms with Gasteiger partial charge in [-0.3, -0.25) is 9.59 Å². The molecule has 0 unspecified atom stereocenters. The van der Waals surface area contributed by atoms with Crippen molar-refractivity contribution in [3.05, 3.63) is 42.4 Å². The van der Waals surface area contributed by atoms with Crippen LogP contribution >= 0.6 is 0 Å². The first kappa shape index (κ1) is 16.1. The molecule has 6 heteroatoms. The van der Waals surface area contributed by atoms with E-state index >= 15 is 0 Å². The van der Waals surface area contributed by atoms with Crippen molar-refractivity contribution in [2.75, 3.05) is 23.4 Å². The molecule has 0 fully saturated rings. The van der Waals surface area contributed by atoms with Crippen LogP contribution < -0.4 is 15.0 Å². The number of benzene rings is 1. The van der Waals surface area contributed by atoms with Gasteiger partial charge in [-0.2, -0.15) is 0 Å². The summed E-state index contributed by atoms with van der Waals surface area (Å²) in [6.07, 6.45) is 1.45. The minimum Gasteiger partial charge on any atom is -0.490 e. The Morgan fingerprint density at radius 3 is 2.79 bits per heavy atom. The summed E-state index contributed by atoms with van der Waals surface area (Å²) < 4.78 is 10.9. The highest BCUT2D eigenvalue weighted by atomic mass is 16.5. The van der Waals surface area contributed by atoms with Gasteiger partial charge >= 0.3 is 0 Å². The van der Waals surface area contributed by atoms with Crippen molar-refractivity contribution < 1.29 is 18.7 Å². The first-order chi connectivity index (χ1) is 11.4. The van der Waals surface area contributed by atoms with Crippen molar-refractivity contribution in [2.24, 2.45) is 5.41 Å². The van der Waals surface area contributed by atoms with Crippen LogP contribution in [0.15, 0.2) is 41.0 Å². The maximum atomic E-state index is 12.6. The van der Waals surface area contributed by atoms with Crippen LogP contribution in [-0.2, 0) is 4.79 Å². The Morgan fingerprint density at radius 2 is 2.12 bits per heavy atom. The molecule has 2 aromatic rings. The largest absolute Gasteiger partial charge is 0.490 e. The maximum absolute atomic E-state index is 12.6. The zero-order chi connectivity index (χ0) is 17.3. The van der Waals surface area contributed by atoms with Gasteiger partial charge in [-0.1, -0.05) is 0 Å². The summed E-state index contributed by atoms with van der Waals surface area (Å²) in [5.41, 5.74) is 0.689. The summed E-state index contributed by atoms with van der Waals surface area (Å²) >= 11 is 0. The minimum absolute atomic E-state index is 0.0242. The number of amides is 2. The molecule has 0 saturated carbocycles. The highest BCUT2D eigenvalue weighted by Crippen LogP contribution is 2.38. The van der Waals surface area contributed by atoms with Crippen LogP contribution in [-0.4, -0.2) is 25.0 Å². The number of ether oxygens (including phenoxy) is 1. The molecule has 1 aromatic heterocycles. The zero-order valence-electron chi connectivity index (χ0n) is 14.0.